The summed E-state index contributed by atoms with van der Waals surface area (Å²) in [6.07, 6.45) is 4.85. The van der Waals surface area contributed by atoms with E-state index in [4.69, 9.17) is 4.42 Å². The Morgan fingerprint density at radius 3 is 2.76 bits per heavy atom. The topological polar surface area (TPSA) is 86.0 Å². The van der Waals surface area contributed by atoms with Crippen molar-refractivity contribution in [3.8, 4) is 0 Å². The highest BCUT2D eigenvalue weighted by Crippen LogP contribution is 2.25. The van der Waals surface area contributed by atoms with E-state index in [9.17, 15) is 14.7 Å². The van der Waals surface area contributed by atoms with Crippen LogP contribution in [-0.2, 0) is 9.59 Å². The van der Waals surface area contributed by atoms with Crippen LogP contribution in [0.1, 0.15) is 44.4 Å². The van der Waals surface area contributed by atoms with Crippen LogP contribution in [-0.4, -0.2) is 65.0 Å². The standard InChI is InChI=1S/C18H27N3O4/c1-13(22)21-12-14(23)10-15(21)18(24)19-11-16(17-6-5-9-25-17)20-7-3-2-4-8-20/h5-6,9,14-16,23H,2-4,7-8,10-12H2,1H3,(H,19,24)/t14-,15+,16+/m0/s1. The number of furan rings is 1. The first-order valence-corrected chi connectivity index (χ1v) is 9.06. The zero-order valence-corrected chi connectivity index (χ0v) is 14.7. The van der Waals surface area contributed by atoms with Crippen molar-refractivity contribution in [2.24, 2.45) is 0 Å². The summed E-state index contributed by atoms with van der Waals surface area (Å²) in [6, 6.07) is 3.20. The molecule has 2 N–H and O–H groups in total. The van der Waals surface area contributed by atoms with Gasteiger partial charge in [0.1, 0.15) is 11.8 Å². The van der Waals surface area contributed by atoms with E-state index in [1.165, 1.54) is 18.2 Å². The zero-order valence-electron chi connectivity index (χ0n) is 14.7. The van der Waals surface area contributed by atoms with Gasteiger partial charge < -0.3 is 19.7 Å². The second-order valence-corrected chi connectivity index (χ2v) is 6.95. The summed E-state index contributed by atoms with van der Waals surface area (Å²) >= 11 is 0. The van der Waals surface area contributed by atoms with Gasteiger partial charge in [-0.1, -0.05) is 6.42 Å². The average Bonchev–Trinajstić information content (AvgIpc) is 3.25. The number of nitrogens with zero attached hydrogens (tertiary/aromatic N) is 2. The third-order valence-electron chi connectivity index (χ3n) is 5.16. The minimum absolute atomic E-state index is 0.00338. The Hall–Kier alpha value is -1.86. The third kappa shape index (κ3) is 4.22. The summed E-state index contributed by atoms with van der Waals surface area (Å²) in [4.78, 5) is 28.1. The van der Waals surface area contributed by atoms with Gasteiger partial charge in [-0.05, 0) is 38.1 Å². The molecule has 2 aliphatic heterocycles. The van der Waals surface area contributed by atoms with Crippen LogP contribution >= 0.6 is 0 Å². The minimum Gasteiger partial charge on any atom is -0.468 e. The van der Waals surface area contributed by atoms with Gasteiger partial charge in [0.2, 0.25) is 11.8 Å². The molecule has 1 aromatic heterocycles. The first-order chi connectivity index (χ1) is 12.1. The fourth-order valence-corrected chi connectivity index (χ4v) is 3.85. The van der Waals surface area contributed by atoms with Crippen LogP contribution in [0.5, 0.6) is 0 Å². The van der Waals surface area contributed by atoms with E-state index in [0.29, 0.717) is 13.0 Å². The zero-order chi connectivity index (χ0) is 17.8. The number of piperidine rings is 1. The molecule has 2 fully saturated rings. The van der Waals surface area contributed by atoms with E-state index in [1.54, 1.807) is 6.26 Å². The van der Waals surface area contributed by atoms with E-state index < -0.39 is 12.1 Å². The molecule has 3 heterocycles. The molecule has 1 aromatic rings. The van der Waals surface area contributed by atoms with Gasteiger partial charge in [0.25, 0.3) is 0 Å². The van der Waals surface area contributed by atoms with Crippen LogP contribution in [0.3, 0.4) is 0 Å². The van der Waals surface area contributed by atoms with E-state index in [2.05, 4.69) is 10.2 Å². The van der Waals surface area contributed by atoms with Crippen LogP contribution in [0.15, 0.2) is 22.8 Å². The van der Waals surface area contributed by atoms with E-state index in [0.717, 1.165) is 31.7 Å². The van der Waals surface area contributed by atoms with Crippen molar-refractivity contribution in [2.45, 2.75) is 50.8 Å². The number of amides is 2. The van der Waals surface area contributed by atoms with E-state index in [1.807, 2.05) is 12.1 Å². The molecule has 0 spiro atoms. The van der Waals surface area contributed by atoms with Crippen molar-refractivity contribution in [3.05, 3.63) is 24.2 Å². The Labute approximate surface area is 148 Å². The van der Waals surface area contributed by atoms with Gasteiger partial charge in [0.15, 0.2) is 0 Å². The van der Waals surface area contributed by atoms with Gasteiger partial charge in [0, 0.05) is 26.4 Å². The van der Waals surface area contributed by atoms with Gasteiger partial charge in [-0.15, -0.1) is 0 Å². The summed E-state index contributed by atoms with van der Waals surface area (Å²) in [5, 5.41) is 12.8. The van der Waals surface area contributed by atoms with Crippen LogP contribution in [0.2, 0.25) is 0 Å². The van der Waals surface area contributed by atoms with E-state index in [-0.39, 0.29) is 24.4 Å². The van der Waals surface area contributed by atoms with Crippen molar-refractivity contribution in [3.63, 3.8) is 0 Å². The molecule has 0 radical (unpaired) electrons. The first kappa shape index (κ1) is 17.9. The number of aliphatic hydroxyl groups is 1. The molecule has 25 heavy (non-hydrogen) atoms. The van der Waals surface area contributed by atoms with Crippen LogP contribution < -0.4 is 5.32 Å². The number of carbonyl (C=O) groups is 2. The number of β-amino-alcohol motifs (C(OH)–C–C–N with tert-alkyl or cyclic N) is 1. The molecule has 0 bridgehead atoms. The normalized spacial score (nSPS) is 25.8. The molecule has 0 saturated carbocycles. The van der Waals surface area contributed by atoms with Gasteiger partial charge in [-0.2, -0.15) is 0 Å². The first-order valence-electron chi connectivity index (χ1n) is 9.06. The number of aliphatic hydroxyl groups excluding tert-OH is 1. The summed E-state index contributed by atoms with van der Waals surface area (Å²) in [5.41, 5.74) is 0. The predicted octanol–water partition coefficient (Wildman–Crippen LogP) is 0.904. The fourth-order valence-electron chi connectivity index (χ4n) is 3.85. The van der Waals surface area contributed by atoms with Crippen molar-refractivity contribution in [1.82, 2.24) is 15.1 Å². The van der Waals surface area contributed by atoms with Crippen molar-refractivity contribution in [1.29, 1.82) is 0 Å². The Bertz CT molecular complexity index is 583. The fraction of sp³-hybridized carbons (Fsp3) is 0.667. The Morgan fingerprint density at radius 2 is 2.12 bits per heavy atom. The molecule has 3 rings (SSSR count). The Balaban J connectivity index is 1.64. The molecule has 2 saturated heterocycles. The molecule has 2 aliphatic rings. The van der Waals surface area contributed by atoms with Crippen LogP contribution in [0.25, 0.3) is 0 Å². The summed E-state index contributed by atoms with van der Waals surface area (Å²) in [5.74, 6) is 0.452. The van der Waals surface area contributed by atoms with E-state index >= 15 is 0 Å². The number of hydrogen-bond donors (Lipinski definition) is 2. The summed E-state index contributed by atoms with van der Waals surface area (Å²) in [7, 11) is 0. The maximum absolute atomic E-state index is 12.6. The van der Waals surface area contributed by atoms with Crippen LogP contribution in [0, 0.1) is 0 Å². The minimum atomic E-state index is -0.636. The molecule has 0 aromatic carbocycles. The molecule has 7 nitrogen and oxygen atoms in total. The average molecular weight is 349 g/mol. The molecular weight excluding hydrogens is 322 g/mol. The Kier molecular flexibility index (Phi) is 5.75. The maximum Gasteiger partial charge on any atom is 0.242 e. The summed E-state index contributed by atoms with van der Waals surface area (Å²) in [6.45, 7) is 4.06. The largest absolute Gasteiger partial charge is 0.468 e. The van der Waals surface area contributed by atoms with Crippen LogP contribution in [0.4, 0.5) is 0 Å². The molecule has 138 valence electrons. The molecule has 2 amide bonds. The lowest BCUT2D eigenvalue weighted by Crippen LogP contribution is -2.48. The van der Waals surface area contributed by atoms with Crippen molar-refractivity contribution >= 4 is 11.8 Å². The molecular formula is C18H27N3O4. The lowest BCUT2D eigenvalue weighted by molar-refractivity contribution is -0.137. The number of carbonyl (C=O) groups excluding carboxylic acids is 2. The molecule has 0 unspecified atom stereocenters. The number of rotatable bonds is 5. The second-order valence-electron chi connectivity index (χ2n) is 6.95. The highest BCUT2D eigenvalue weighted by molar-refractivity contribution is 5.87. The highest BCUT2D eigenvalue weighted by atomic mass is 16.3. The van der Waals surface area contributed by atoms with Gasteiger partial charge >= 0.3 is 0 Å². The number of nitrogens with one attached hydrogen (secondary N) is 1. The molecule has 3 atom stereocenters. The summed E-state index contributed by atoms with van der Waals surface area (Å²) < 4.78 is 5.59. The molecule has 7 heteroatoms. The SMILES string of the molecule is CC(=O)N1C[C@@H](O)C[C@@H]1C(=O)NC[C@H](c1ccco1)N1CCCCC1. The maximum atomic E-state index is 12.6. The third-order valence-corrected chi connectivity index (χ3v) is 5.16. The highest BCUT2D eigenvalue weighted by Gasteiger charge is 2.38. The van der Waals surface area contributed by atoms with Gasteiger partial charge in [-0.25, -0.2) is 0 Å². The predicted molar refractivity (Wildman–Crippen MR) is 91.7 cm³/mol. The lowest BCUT2D eigenvalue weighted by Gasteiger charge is -2.34. The lowest BCUT2D eigenvalue weighted by atomic mass is 10.1. The quantitative estimate of drug-likeness (QED) is 0.825. The Morgan fingerprint density at radius 1 is 1.36 bits per heavy atom. The second kappa shape index (κ2) is 8.01. The number of likely N-dealkylation sites (tertiary alicyclic amines) is 2. The smallest absolute Gasteiger partial charge is 0.242 e. The van der Waals surface area contributed by atoms with Crippen molar-refractivity contribution < 1.29 is 19.1 Å². The number of hydrogen-bond acceptors (Lipinski definition) is 5. The van der Waals surface area contributed by atoms with Gasteiger partial charge in [-0.3, -0.25) is 14.5 Å². The monoisotopic (exact) mass is 349 g/mol. The van der Waals surface area contributed by atoms with Gasteiger partial charge in [0.05, 0.1) is 18.4 Å². The van der Waals surface area contributed by atoms with Crippen molar-refractivity contribution in [2.75, 3.05) is 26.2 Å². The molecule has 0 aliphatic carbocycles.